The highest BCUT2D eigenvalue weighted by atomic mass is 35.5. The molecular formula is C58H77Cl4N17O10S. The molecule has 0 unspecified atom stereocenters. The molecule has 0 aliphatic carbocycles. The largest absolute Gasteiger partial charge is 0.370 e. The Hall–Kier alpha value is -7.53. The number of unbranched alkanes of at least 4 members (excludes halogenated alkanes) is 2. The van der Waals surface area contributed by atoms with Crippen LogP contribution in [0.2, 0.25) is 20.1 Å². The number of hydrogen-bond acceptors (Lipinski definition) is 13. The number of H-pyrrole nitrogens is 2. The van der Waals surface area contributed by atoms with Gasteiger partial charge in [0.15, 0.2) is 5.96 Å². The Kier molecular flexibility index (Phi) is 26.5. The lowest BCUT2D eigenvalue weighted by atomic mass is 10.0. The Bertz CT molecular complexity index is 3260. The van der Waals surface area contributed by atoms with E-state index < -0.39 is 109 Å². The predicted molar refractivity (Wildman–Crippen MR) is 342 cm³/mol. The number of nitrogens with two attached hydrogens (primary N) is 3. The van der Waals surface area contributed by atoms with Crippen molar-refractivity contribution in [1.82, 2.24) is 67.7 Å². The van der Waals surface area contributed by atoms with Gasteiger partial charge in [-0.1, -0.05) is 90.8 Å². The average molecular weight is 1350 g/mol. The van der Waals surface area contributed by atoms with E-state index in [0.717, 1.165) is 23.1 Å². The maximum absolute atomic E-state index is 15.1. The van der Waals surface area contributed by atoms with Gasteiger partial charge in [-0.25, -0.2) is 9.78 Å². The standard InChI is InChI=1S/C58H77Cl4N17O10S/c1-2-3-12-36(71-45(81)16-7-6-15-43-50-42(28-90-43)77-58(89)78-50)51(83)75-40-24-46(82)67-17-8-9-19-79(27-44(63)80)56(88)41(22-31-25-69-35-13-5-4-11-33(31)35)76-52(84)37(14-10-18-68-57(64)65)72-53(85)38(21-30-20-34(59)48(61)49(62)47(30)60)73-54(86)39(74-55(40)87)23-32-26-66-29-70-32/h4-5,11,13,20,25-26,29,36-43,50,69H,2-3,6-10,12,14-19,21-24,27-28H2,1H3,(H2,63,80)(H,66,70)(H,67,82)(H,71,81)(H,72,85)(H,73,86)(H,74,87)(H,75,83)(H,76,84)(H4,64,65,68)(H2,77,78,89)/t36-,37-,38+,39-,40-,41-,42-,43-,50-/m0/s1. The molecule has 0 radical (unpaired) electrons. The first-order valence-corrected chi connectivity index (χ1v) is 32.4. The second-order valence-electron chi connectivity index (χ2n) is 22.4. The van der Waals surface area contributed by atoms with E-state index >= 15 is 9.59 Å². The summed E-state index contributed by atoms with van der Waals surface area (Å²) in [5, 5.41) is 25.5. The van der Waals surface area contributed by atoms with E-state index in [0.29, 0.717) is 36.9 Å². The summed E-state index contributed by atoms with van der Waals surface area (Å²) < 4.78 is 0. The number of rotatable bonds is 23. The van der Waals surface area contributed by atoms with Crippen molar-refractivity contribution in [3.8, 4) is 0 Å². The molecule has 17 N–H and O–H groups in total. The average Bonchev–Trinajstić information content (AvgIpc) is 1.57. The van der Waals surface area contributed by atoms with E-state index in [1.54, 1.807) is 24.0 Å². The lowest BCUT2D eigenvalue weighted by Gasteiger charge is -2.30. The lowest BCUT2D eigenvalue weighted by Crippen LogP contribution is -2.61. The molecule has 27 nitrogen and oxygen atoms in total. The van der Waals surface area contributed by atoms with E-state index in [1.807, 2.05) is 25.1 Å². The molecule has 7 rings (SSSR count). The molecule has 90 heavy (non-hydrogen) atoms. The van der Waals surface area contributed by atoms with Crippen LogP contribution in [0.1, 0.15) is 101 Å². The number of imidazole rings is 1. The Morgan fingerprint density at radius 2 is 1.49 bits per heavy atom. The molecule has 3 fully saturated rings. The smallest absolute Gasteiger partial charge is 0.315 e. The highest BCUT2D eigenvalue weighted by Crippen LogP contribution is 2.39. The fourth-order valence-electron chi connectivity index (χ4n) is 10.9. The summed E-state index contributed by atoms with van der Waals surface area (Å²) in [6.07, 6.45) is 6.53. The molecule has 32 heteroatoms. The number of para-hydroxylation sites is 1. The monoisotopic (exact) mass is 1340 g/mol. The number of carbonyl (C=O) groups is 10. The van der Waals surface area contributed by atoms with Gasteiger partial charge >= 0.3 is 6.03 Å². The molecule has 2 aromatic heterocycles. The number of nitrogens with zero attached hydrogens (tertiary/aromatic N) is 3. The fourth-order valence-corrected chi connectivity index (χ4v) is 13.4. The quantitative estimate of drug-likeness (QED) is 0.0126. The SMILES string of the molecule is CCCC[C@H](NC(=O)CCCC[C@@H]1SC[C@@H]2NC(=O)N[C@@H]21)C(=O)N[C@H]1CC(=O)NCCCCN(CC(N)=O)C(=O)[C@H](Cc2c[nH]c3ccccc23)NC(=O)[C@H](CCCN=C(N)N)NC(=O)[C@@H](Cc2cc(Cl)c(Cl)c(Cl)c2Cl)NC(=O)[C@H](Cc2cnc[nH]2)NC1=O. The number of fused-ring (bicyclic) bond motifs is 2. The number of amides is 11. The maximum Gasteiger partial charge on any atom is 0.315 e. The van der Waals surface area contributed by atoms with Crippen molar-refractivity contribution in [3.05, 3.63) is 86.0 Å². The summed E-state index contributed by atoms with van der Waals surface area (Å²) in [6.45, 7) is 1.23. The van der Waals surface area contributed by atoms with Gasteiger partial charge in [-0.05, 0) is 68.2 Å². The molecule has 0 bridgehead atoms. The number of guanidine groups is 1. The molecule has 0 saturated carbocycles. The van der Waals surface area contributed by atoms with Gasteiger partial charge in [0.2, 0.25) is 53.2 Å². The van der Waals surface area contributed by atoms with Crippen LogP contribution >= 0.6 is 58.2 Å². The highest BCUT2D eigenvalue weighted by Gasteiger charge is 2.43. The summed E-state index contributed by atoms with van der Waals surface area (Å²) in [7, 11) is 0. The third-order valence-electron chi connectivity index (χ3n) is 15.6. The second kappa shape index (κ2) is 34.1. The van der Waals surface area contributed by atoms with Gasteiger partial charge in [-0.15, -0.1) is 0 Å². The fraction of sp³-hybridized carbons (Fsp3) is 0.517. The van der Waals surface area contributed by atoms with Crippen LogP contribution in [-0.2, 0) is 62.4 Å². The number of aliphatic imine (C=N–C) groups is 1. The first-order valence-electron chi connectivity index (χ1n) is 29.8. The lowest BCUT2D eigenvalue weighted by molar-refractivity contribution is -0.139. The summed E-state index contributed by atoms with van der Waals surface area (Å²) in [5.74, 6) is -6.80. The minimum atomic E-state index is -1.68. The van der Waals surface area contributed by atoms with Crippen molar-refractivity contribution in [2.24, 2.45) is 22.2 Å². The zero-order chi connectivity index (χ0) is 65.0. The van der Waals surface area contributed by atoms with Crippen molar-refractivity contribution in [1.29, 1.82) is 0 Å². The molecule has 0 spiro atoms. The van der Waals surface area contributed by atoms with E-state index in [4.69, 9.17) is 63.6 Å². The third kappa shape index (κ3) is 20.2. The van der Waals surface area contributed by atoms with Crippen LogP contribution in [0.3, 0.4) is 0 Å². The first kappa shape index (κ1) is 69.9. The van der Waals surface area contributed by atoms with Crippen molar-refractivity contribution in [2.75, 3.05) is 31.9 Å². The molecule has 2 aromatic carbocycles. The van der Waals surface area contributed by atoms with Gasteiger partial charge < -0.3 is 79.9 Å². The van der Waals surface area contributed by atoms with Gasteiger partial charge in [0, 0.05) is 85.3 Å². The first-order chi connectivity index (χ1) is 43.1. The zero-order valence-corrected chi connectivity index (χ0v) is 53.4. The number of carbonyl (C=O) groups excluding carboxylic acids is 10. The number of primary amides is 1. The van der Waals surface area contributed by atoms with E-state index in [-0.39, 0.29) is 126 Å². The summed E-state index contributed by atoms with van der Waals surface area (Å²) in [6, 6.07) is -0.507. The number of aromatic nitrogens is 3. The van der Waals surface area contributed by atoms with Crippen LogP contribution in [0, 0.1) is 0 Å². The molecule has 11 amide bonds. The second-order valence-corrected chi connectivity index (χ2v) is 25.2. The highest BCUT2D eigenvalue weighted by molar-refractivity contribution is 8.00. The number of aromatic amines is 2. The number of hydrogen-bond donors (Lipinski definition) is 14. The Balaban J connectivity index is 1.21. The third-order valence-corrected chi connectivity index (χ3v) is 18.9. The topological polar surface area (TPSA) is 417 Å². The number of urea groups is 1. The molecular weight excluding hydrogens is 1270 g/mol. The molecule has 3 saturated heterocycles. The molecule has 4 aromatic rings. The van der Waals surface area contributed by atoms with Gasteiger partial charge in [0.25, 0.3) is 0 Å². The summed E-state index contributed by atoms with van der Waals surface area (Å²) >= 11 is 27.9. The van der Waals surface area contributed by atoms with Crippen molar-refractivity contribution >= 4 is 134 Å². The van der Waals surface area contributed by atoms with Crippen LogP contribution in [0.15, 0.2) is 54.0 Å². The van der Waals surface area contributed by atoms with Gasteiger partial charge in [-0.2, -0.15) is 11.8 Å². The minimum absolute atomic E-state index is 0.00211. The summed E-state index contributed by atoms with van der Waals surface area (Å²) in [5.41, 5.74) is 18.8. The molecule has 5 heterocycles. The normalized spacial score (nSPS) is 22.7. The van der Waals surface area contributed by atoms with Gasteiger partial charge in [0.1, 0.15) is 36.3 Å². The molecule has 3 aliphatic rings. The predicted octanol–water partition coefficient (Wildman–Crippen LogP) is 2.02. The maximum atomic E-state index is 15.1. The van der Waals surface area contributed by atoms with E-state index in [2.05, 4.69) is 67.8 Å². The van der Waals surface area contributed by atoms with Gasteiger partial charge in [0.05, 0.1) is 51.5 Å². The number of thioether (sulfide) groups is 1. The van der Waals surface area contributed by atoms with Crippen LogP contribution in [0.25, 0.3) is 10.9 Å². The molecule has 488 valence electrons. The number of halogens is 4. The molecule has 9 atom stereocenters. The van der Waals surface area contributed by atoms with Crippen LogP contribution < -0.4 is 65.1 Å². The number of benzene rings is 2. The van der Waals surface area contributed by atoms with Crippen LogP contribution in [0.5, 0.6) is 0 Å². The Morgan fingerprint density at radius 3 is 2.22 bits per heavy atom. The van der Waals surface area contributed by atoms with Crippen molar-refractivity contribution in [2.45, 2.75) is 157 Å². The summed E-state index contributed by atoms with van der Waals surface area (Å²) in [4.78, 5) is 157. The van der Waals surface area contributed by atoms with Crippen molar-refractivity contribution < 1.29 is 47.9 Å². The Morgan fingerprint density at radius 1 is 0.778 bits per heavy atom. The number of nitrogens with one attached hydrogen (secondary N) is 11. The Labute approximate surface area is 543 Å². The zero-order valence-electron chi connectivity index (χ0n) is 49.5. The van der Waals surface area contributed by atoms with E-state index in [1.165, 1.54) is 23.5 Å². The van der Waals surface area contributed by atoms with Crippen LogP contribution in [0.4, 0.5) is 4.79 Å². The van der Waals surface area contributed by atoms with Crippen molar-refractivity contribution in [3.63, 3.8) is 0 Å². The minimum Gasteiger partial charge on any atom is -0.370 e. The van der Waals surface area contributed by atoms with Crippen LogP contribution in [-0.4, -0.2) is 171 Å². The van der Waals surface area contributed by atoms with E-state index in [9.17, 15) is 38.4 Å². The van der Waals surface area contributed by atoms with Gasteiger partial charge in [-0.3, -0.25) is 48.1 Å². The molecule has 3 aliphatic heterocycles.